The summed E-state index contributed by atoms with van der Waals surface area (Å²) in [6, 6.07) is 5.72. The molecule has 0 aromatic heterocycles. The first-order chi connectivity index (χ1) is 8.93. The van der Waals surface area contributed by atoms with Crippen molar-refractivity contribution >= 4 is 27.5 Å². The lowest BCUT2D eigenvalue weighted by molar-refractivity contribution is 0.0351. The van der Waals surface area contributed by atoms with Gasteiger partial charge in [0.25, 0.3) is 0 Å². The molecule has 6 heteroatoms. The Morgan fingerprint density at radius 1 is 1.42 bits per heavy atom. The second kappa shape index (κ2) is 5.38. The molecular weight excluding hydrogens is 310 g/mol. The lowest BCUT2D eigenvalue weighted by Crippen LogP contribution is -2.42. The molecule has 19 heavy (non-hydrogen) atoms. The summed E-state index contributed by atoms with van der Waals surface area (Å²) in [6.07, 6.45) is 1.51. The van der Waals surface area contributed by atoms with Crippen LogP contribution in [-0.2, 0) is 0 Å². The zero-order chi connectivity index (χ0) is 14.0. The van der Waals surface area contributed by atoms with Crippen LogP contribution in [0.4, 0.5) is 5.69 Å². The molecule has 0 unspecified atom stereocenters. The van der Waals surface area contributed by atoms with E-state index in [9.17, 15) is 5.11 Å². The second-order valence-electron chi connectivity index (χ2n) is 5.13. The van der Waals surface area contributed by atoms with Crippen LogP contribution in [0.25, 0.3) is 0 Å². The summed E-state index contributed by atoms with van der Waals surface area (Å²) >= 11 is 3.43. The number of aliphatic hydroxyl groups is 1. The molecule has 0 spiro atoms. The Labute approximate surface area is 120 Å². The topological polar surface area (TPSA) is 82.1 Å². The fourth-order valence-corrected chi connectivity index (χ4v) is 2.78. The zero-order valence-electron chi connectivity index (χ0n) is 10.8. The number of hydrogen-bond donors (Lipinski definition) is 3. The summed E-state index contributed by atoms with van der Waals surface area (Å²) in [7, 11) is 0. The maximum atomic E-state index is 9.95. The molecule has 0 atom stereocenters. The van der Waals surface area contributed by atoms with Crippen molar-refractivity contribution in [3.05, 3.63) is 28.2 Å². The molecule has 1 heterocycles. The van der Waals surface area contributed by atoms with Crippen molar-refractivity contribution in [1.82, 2.24) is 0 Å². The monoisotopic (exact) mass is 327 g/mol. The highest BCUT2D eigenvalue weighted by Crippen LogP contribution is 2.29. The molecule has 5 nitrogen and oxygen atoms in total. The minimum Gasteiger partial charge on any atom is -0.409 e. The fourth-order valence-electron chi connectivity index (χ4n) is 2.21. The number of rotatable bonds is 2. The number of nitrogens with two attached hydrogens (primary N) is 1. The van der Waals surface area contributed by atoms with Gasteiger partial charge in [0.15, 0.2) is 5.84 Å². The van der Waals surface area contributed by atoms with Crippen molar-refractivity contribution < 1.29 is 10.3 Å². The van der Waals surface area contributed by atoms with E-state index in [0.29, 0.717) is 5.56 Å². The van der Waals surface area contributed by atoms with Crippen LogP contribution in [0, 0.1) is 0 Å². The Balaban J connectivity index is 2.17. The van der Waals surface area contributed by atoms with Crippen molar-refractivity contribution in [3.63, 3.8) is 0 Å². The molecule has 1 aromatic rings. The van der Waals surface area contributed by atoms with Gasteiger partial charge in [0, 0.05) is 28.8 Å². The van der Waals surface area contributed by atoms with E-state index in [1.54, 1.807) is 0 Å². The van der Waals surface area contributed by atoms with Crippen LogP contribution >= 0.6 is 15.9 Å². The Morgan fingerprint density at radius 3 is 2.58 bits per heavy atom. The summed E-state index contributed by atoms with van der Waals surface area (Å²) in [5.41, 5.74) is 6.76. The van der Waals surface area contributed by atoms with E-state index in [4.69, 9.17) is 10.9 Å². The highest BCUT2D eigenvalue weighted by molar-refractivity contribution is 9.10. The second-order valence-corrected chi connectivity index (χ2v) is 5.99. The van der Waals surface area contributed by atoms with Crippen LogP contribution in [0.5, 0.6) is 0 Å². The number of amidine groups is 1. The summed E-state index contributed by atoms with van der Waals surface area (Å²) in [5, 5.41) is 21.6. The van der Waals surface area contributed by atoms with E-state index in [1.807, 2.05) is 25.1 Å². The van der Waals surface area contributed by atoms with Gasteiger partial charge in [0.2, 0.25) is 0 Å². The number of piperidine rings is 1. The maximum Gasteiger partial charge on any atom is 0.171 e. The molecule has 4 N–H and O–H groups in total. The van der Waals surface area contributed by atoms with E-state index < -0.39 is 5.60 Å². The number of oxime groups is 1. The lowest BCUT2D eigenvalue weighted by atomic mass is 9.93. The average Bonchev–Trinajstić information content (AvgIpc) is 2.37. The molecule has 0 bridgehead atoms. The third kappa shape index (κ3) is 3.19. The summed E-state index contributed by atoms with van der Waals surface area (Å²) in [5.74, 6) is 0.0833. The van der Waals surface area contributed by atoms with E-state index in [0.717, 1.165) is 36.1 Å². The van der Waals surface area contributed by atoms with Crippen LogP contribution in [0.2, 0.25) is 0 Å². The van der Waals surface area contributed by atoms with Gasteiger partial charge in [-0.1, -0.05) is 5.16 Å². The van der Waals surface area contributed by atoms with E-state index in [1.165, 1.54) is 0 Å². The molecule has 0 radical (unpaired) electrons. The van der Waals surface area contributed by atoms with Gasteiger partial charge >= 0.3 is 0 Å². The molecule has 2 rings (SSSR count). The van der Waals surface area contributed by atoms with Gasteiger partial charge in [-0.25, -0.2) is 0 Å². The Hall–Kier alpha value is -1.27. The fraction of sp³-hybridized carbons (Fsp3) is 0.462. The summed E-state index contributed by atoms with van der Waals surface area (Å²) in [6.45, 7) is 3.52. The molecule has 1 saturated heterocycles. The molecule has 0 saturated carbocycles. The molecule has 0 amide bonds. The molecule has 0 aliphatic carbocycles. The normalized spacial score (nSPS) is 19.5. The molecule has 1 aliphatic heterocycles. The van der Waals surface area contributed by atoms with Gasteiger partial charge in [0.05, 0.1) is 5.60 Å². The minimum atomic E-state index is -0.554. The average molecular weight is 328 g/mol. The number of hydrogen-bond acceptors (Lipinski definition) is 4. The predicted octanol–water partition coefficient (Wildman–Crippen LogP) is 1.89. The largest absolute Gasteiger partial charge is 0.409 e. The smallest absolute Gasteiger partial charge is 0.171 e. The molecule has 1 aromatic carbocycles. The van der Waals surface area contributed by atoms with E-state index in [-0.39, 0.29) is 5.84 Å². The summed E-state index contributed by atoms with van der Waals surface area (Å²) in [4.78, 5) is 2.22. The van der Waals surface area contributed by atoms with Crippen LogP contribution in [0.15, 0.2) is 27.8 Å². The van der Waals surface area contributed by atoms with Crippen LogP contribution in [0.1, 0.15) is 25.3 Å². The third-order valence-electron chi connectivity index (χ3n) is 3.54. The van der Waals surface area contributed by atoms with E-state index >= 15 is 0 Å². The summed E-state index contributed by atoms with van der Waals surface area (Å²) < 4.78 is 0.789. The van der Waals surface area contributed by atoms with Crippen LogP contribution in [-0.4, -0.2) is 34.8 Å². The zero-order valence-corrected chi connectivity index (χ0v) is 12.4. The highest BCUT2D eigenvalue weighted by Gasteiger charge is 2.27. The Bertz CT molecular complexity index is 493. The van der Waals surface area contributed by atoms with Gasteiger partial charge < -0.3 is 20.9 Å². The Kier molecular flexibility index (Phi) is 4.01. The minimum absolute atomic E-state index is 0.0833. The van der Waals surface area contributed by atoms with Crippen molar-refractivity contribution in [2.45, 2.75) is 25.4 Å². The molecule has 104 valence electrons. The van der Waals surface area contributed by atoms with Crippen molar-refractivity contribution in [1.29, 1.82) is 0 Å². The first kappa shape index (κ1) is 14.1. The first-order valence-corrected chi connectivity index (χ1v) is 6.97. The maximum absolute atomic E-state index is 9.95. The lowest BCUT2D eigenvalue weighted by Gasteiger charge is -2.37. The standard InChI is InChI=1S/C13H18BrN3O2/c1-13(18)4-6-17(7-5-13)9-2-3-10(11(14)8-9)12(15)16-19/h2-3,8,18-19H,4-7H2,1H3,(H2,15,16). The van der Waals surface area contributed by atoms with Crippen LogP contribution in [0.3, 0.4) is 0 Å². The Morgan fingerprint density at radius 2 is 2.05 bits per heavy atom. The number of halogens is 1. The molecule has 1 aliphatic rings. The van der Waals surface area contributed by atoms with Crippen LogP contribution < -0.4 is 10.6 Å². The predicted molar refractivity (Wildman–Crippen MR) is 78.7 cm³/mol. The van der Waals surface area contributed by atoms with Gasteiger partial charge in [-0.15, -0.1) is 0 Å². The quantitative estimate of drug-likeness (QED) is 0.335. The van der Waals surface area contributed by atoms with Crippen molar-refractivity contribution in [3.8, 4) is 0 Å². The number of benzene rings is 1. The van der Waals surface area contributed by atoms with Gasteiger partial charge in [-0.2, -0.15) is 0 Å². The number of nitrogens with zero attached hydrogens (tertiary/aromatic N) is 2. The SMILES string of the molecule is CC1(O)CCN(c2ccc(/C(N)=N/O)c(Br)c2)CC1. The number of anilines is 1. The first-order valence-electron chi connectivity index (χ1n) is 6.18. The molecule has 1 fully saturated rings. The van der Waals surface area contributed by atoms with Crippen molar-refractivity contribution in [2.75, 3.05) is 18.0 Å². The third-order valence-corrected chi connectivity index (χ3v) is 4.20. The van der Waals surface area contributed by atoms with Crippen molar-refractivity contribution in [2.24, 2.45) is 10.9 Å². The molecular formula is C13H18BrN3O2. The van der Waals surface area contributed by atoms with Gasteiger partial charge in [0.1, 0.15) is 0 Å². The highest BCUT2D eigenvalue weighted by atomic mass is 79.9. The van der Waals surface area contributed by atoms with Gasteiger partial charge in [-0.3, -0.25) is 0 Å². The van der Waals surface area contributed by atoms with E-state index in [2.05, 4.69) is 26.0 Å². The van der Waals surface area contributed by atoms with Gasteiger partial charge in [-0.05, 0) is 53.9 Å².